The Labute approximate surface area is 140 Å². The average Bonchev–Trinajstić information content (AvgIpc) is 3.14. The number of fused-ring (bicyclic) bond motifs is 1. The summed E-state index contributed by atoms with van der Waals surface area (Å²) in [7, 11) is 1.85. The monoisotopic (exact) mass is 319 g/mol. The molecule has 0 saturated carbocycles. The summed E-state index contributed by atoms with van der Waals surface area (Å²) in [6.45, 7) is 2.85. The summed E-state index contributed by atoms with van der Waals surface area (Å²) in [5.74, 6) is 0.123. The maximum atomic E-state index is 12.0. The van der Waals surface area contributed by atoms with E-state index in [-0.39, 0.29) is 5.91 Å². The topological polar surface area (TPSA) is 20.3 Å². The van der Waals surface area contributed by atoms with Gasteiger partial charge in [-0.25, -0.2) is 0 Å². The molecule has 0 spiro atoms. The van der Waals surface area contributed by atoms with Crippen LogP contribution in [0.3, 0.4) is 0 Å². The van der Waals surface area contributed by atoms with Crippen LogP contribution in [0, 0.1) is 6.92 Å². The Morgan fingerprint density at radius 3 is 2.57 bits per heavy atom. The van der Waals surface area contributed by atoms with E-state index in [1.807, 2.05) is 13.1 Å². The fourth-order valence-corrected chi connectivity index (χ4v) is 4.20. The third-order valence-electron chi connectivity index (χ3n) is 4.39. The Hall–Kier alpha value is -2.39. The smallest absolute Gasteiger partial charge is 0.254 e. The van der Waals surface area contributed by atoms with Crippen molar-refractivity contribution in [2.45, 2.75) is 13.5 Å². The van der Waals surface area contributed by atoms with E-state index in [1.54, 1.807) is 16.2 Å². The SMILES string of the molecule is Cc1ccccc1-c1ccc(-c2ccc3c(c2)CN(C)C3=O)s1. The minimum absolute atomic E-state index is 0.123. The number of carbonyl (C=O) groups excluding carboxylic acids is 1. The highest BCUT2D eigenvalue weighted by molar-refractivity contribution is 7.18. The Kier molecular flexibility index (Phi) is 3.31. The molecule has 3 aromatic rings. The van der Waals surface area contributed by atoms with Crippen molar-refractivity contribution in [1.29, 1.82) is 0 Å². The third-order valence-corrected chi connectivity index (χ3v) is 5.56. The zero-order valence-electron chi connectivity index (χ0n) is 13.2. The van der Waals surface area contributed by atoms with Crippen LogP contribution in [0.25, 0.3) is 20.9 Å². The molecule has 23 heavy (non-hydrogen) atoms. The van der Waals surface area contributed by atoms with Gasteiger partial charge < -0.3 is 4.90 Å². The molecule has 2 nitrogen and oxygen atoms in total. The van der Waals surface area contributed by atoms with Crippen molar-refractivity contribution < 1.29 is 4.79 Å². The normalized spacial score (nSPS) is 13.5. The maximum Gasteiger partial charge on any atom is 0.254 e. The molecule has 2 aromatic carbocycles. The van der Waals surface area contributed by atoms with E-state index in [4.69, 9.17) is 0 Å². The fourth-order valence-electron chi connectivity index (χ4n) is 3.11. The Morgan fingerprint density at radius 2 is 1.74 bits per heavy atom. The molecule has 0 N–H and O–H groups in total. The van der Waals surface area contributed by atoms with Gasteiger partial charge in [0.25, 0.3) is 5.91 Å². The summed E-state index contributed by atoms with van der Waals surface area (Å²) in [6, 6.07) is 19.0. The first-order valence-electron chi connectivity index (χ1n) is 7.68. The van der Waals surface area contributed by atoms with Crippen LogP contribution in [0.1, 0.15) is 21.5 Å². The van der Waals surface area contributed by atoms with Gasteiger partial charge in [-0.05, 0) is 53.4 Å². The molecule has 0 atom stereocenters. The van der Waals surface area contributed by atoms with Crippen molar-refractivity contribution >= 4 is 17.2 Å². The van der Waals surface area contributed by atoms with Gasteiger partial charge in [0.2, 0.25) is 0 Å². The Balaban J connectivity index is 1.72. The van der Waals surface area contributed by atoms with Crippen molar-refractivity contribution in [3.05, 3.63) is 71.3 Å². The van der Waals surface area contributed by atoms with Crippen LogP contribution in [0.15, 0.2) is 54.6 Å². The van der Waals surface area contributed by atoms with Gasteiger partial charge in [-0.1, -0.05) is 30.3 Å². The Morgan fingerprint density at radius 1 is 0.957 bits per heavy atom. The second-order valence-electron chi connectivity index (χ2n) is 6.01. The molecule has 0 fully saturated rings. The summed E-state index contributed by atoms with van der Waals surface area (Å²) < 4.78 is 0. The van der Waals surface area contributed by atoms with E-state index >= 15 is 0 Å². The summed E-state index contributed by atoms with van der Waals surface area (Å²) in [5, 5.41) is 0. The van der Waals surface area contributed by atoms with Gasteiger partial charge in [-0.3, -0.25) is 4.79 Å². The molecule has 0 saturated heterocycles. The van der Waals surface area contributed by atoms with E-state index < -0.39 is 0 Å². The van der Waals surface area contributed by atoms with E-state index in [0.29, 0.717) is 6.54 Å². The molecule has 1 aliphatic heterocycles. The lowest BCUT2D eigenvalue weighted by Gasteiger charge is -2.04. The minimum atomic E-state index is 0.123. The van der Waals surface area contributed by atoms with Crippen LogP contribution >= 0.6 is 11.3 Å². The fraction of sp³-hybridized carbons (Fsp3) is 0.150. The number of amides is 1. The number of carbonyl (C=O) groups is 1. The predicted octanol–water partition coefficient (Wildman–Crippen LogP) is 4.98. The highest BCUT2D eigenvalue weighted by Crippen LogP contribution is 2.37. The molecule has 1 amide bonds. The lowest BCUT2D eigenvalue weighted by molar-refractivity contribution is 0.0816. The minimum Gasteiger partial charge on any atom is -0.337 e. The number of rotatable bonds is 2. The van der Waals surface area contributed by atoms with Crippen molar-refractivity contribution in [3.63, 3.8) is 0 Å². The van der Waals surface area contributed by atoms with E-state index in [2.05, 4.69) is 55.5 Å². The molecule has 0 unspecified atom stereocenters. The highest BCUT2D eigenvalue weighted by Gasteiger charge is 2.24. The molecule has 2 heterocycles. The van der Waals surface area contributed by atoms with Crippen LogP contribution in [0.2, 0.25) is 0 Å². The van der Waals surface area contributed by atoms with Gasteiger partial charge in [-0.2, -0.15) is 0 Å². The number of hydrogen-bond donors (Lipinski definition) is 0. The van der Waals surface area contributed by atoms with E-state index in [1.165, 1.54) is 26.4 Å². The van der Waals surface area contributed by atoms with Crippen molar-refractivity contribution in [2.75, 3.05) is 7.05 Å². The first kappa shape index (κ1) is 14.2. The van der Waals surface area contributed by atoms with Gasteiger partial charge in [0.05, 0.1) is 0 Å². The number of nitrogens with zero attached hydrogens (tertiary/aromatic N) is 1. The molecule has 1 aliphatic rings. The van der Waals surface area contributed by atoms with E-state index in [9.17, 15) is 4.79 Å². The Bertz CT molecular complexity index is 910. The summed E-state index contributed by atoms with van der Waals surface area (Å²) >= 11 is 1.80. The first-order chi connectivity index (χ1) is 11.1. The molecule has 1 aromatic heterocycles. The van der Waals surface area contributed by atoms with Crippen molar-refractivity contribution in [2.24, 2.45) is 0 Å². The quantitative estimate of drug-likeness (QED) is 0.652. The molecule has 0 radical (unpaired) electrons. The van der Waals surface area contributed by atoms with Gasteiger partial charge in [0, 0.05) is 28.9 Å². The number of benzene rings is 2. The summed E-state index contributed by atoms with van der Waals surface area (Å²) in [6.07, 6.45) is 0. The molecular formula is C20H17NOS. The predicted molar refractivity (Wildman–Crippen MR) is 95.7 cm³/mol. The molecule has 0 aliphatic carbocycles. The van der Waals surface area contributed by atoms with Crippen LogP contribution in [-0.2, 0) is 6.54 Å². The standard InChI is InChI=1S/C20H17NOS/c1-13-5-3-4-6-16(13)19-10-9-18(23-19)14-7-8-17-15(11-14)12-21(2)20(17)22/h3-11H,12H2,1-2H3. The van der Waals surface area contributed by atoms with Gasteiger partial charge in [0.15, 0.2) is 0 Å². The van der Waals surface area contributed by atoms with Crippen molar-refractivity contribution in [1.82, 2.24) is 4.90 Å². The summed E-state index contributed by atoms with van der Waals surface area (Å²) in [4.78, 5) is 16.3. The lowest BCUT2D eigenvalue weighted by Crippen LogP contribution is -2.17. The van der Waals surface area contributed by atoms with Crippen LogP contribution in [0.4, 0.5) is 0 Å². The largest absolute Gasteiger partial charge is 0.337 e. The molecular weight excluding hydrogens is 302 g/mol. The van der Waals surface area contributed by atoms with Gasteiger partial charge >= 0.3 is 0 Å². The van der Waals surface area contributed by atoms with Crippen LogP contribution in [-0.4, -0.2) is 17.9 Å². The molecule has 3 heteroatoms. The maximum absolute atomic E-state index is 12.0. The number of aryl methyl sites for hydroxylation is 1. The number of hydrogen-bond acceptors (Lipinski definition) is 2. The second-order valence-corrected chi connectivity index (χ2v) is 7.10. The third kappa shape index (κ3) is 2.37. The highest BCUT2D eigenvalue weighted by atomic mass is 32.1. The lowest BCUT2D eigenvalue weighted by atomic mass is 10.0. The molecule has 114 valence electrons. The van der Waals surface area contributed by atoms with Crippen molar-refractivity contribution in [3.8, 4) is 20.9 Å². The zero-order chi connectivity index (χ0) is 16.0. The van der Waals surface area contributed by atoms with Crippen LogP contribution in [0.5, 0.6) is 0 Å². The van der Waals surface area contributed by atoms with Gasteiger partial charge in [0.1, 0.15) is 0 Å². The zero-order valence-corrected chi connectivity index (χ0v) is 14.0. The second kappa shape index (κ2) is 5.36. The first-order valence-corrected chi connectivity index (χ1v) is 8.50. The number of thiophene rings is 1. The van der Waals surface area contributed by atoms with Gasteiger partial charge in [-0.15, -0.1) is 11.3 Å². The molecule has 4 rings (SSSR count). The van der Waals surface area contributed by atoms with E-state index in [0.717, 1.165) is 11.1 Å². The average molecular weight is 319 g/mol. The van der Waals surface area contributed by atoms with Crippen LogP contribution < -0.4 is 0 Å². The molecule has 0 bridgehead atoms. The summed E-state index contributed by atoms with van der Waals surface area (Å²) in [5.41, 5.74) is 5.74.